The number of hydrogen-bond donors (Lipinski definition) is 0. The van der Waals surface area contributed by atoms with E-state index in [1.807, 2.05) is 0 Å². The first-order chi connectivity index (χ1) is 6.37. The molecule has 0 aromatic rings. The van der Waals surface area contributed by atoms with Gasteiger partial charge in [-0.05, 0) is 24.6 Å². The summed E-state index contributed by atoms with van der Waals surface area (Å²) in [7, 11) is 0. The van der Waals surface area contributed by atoms with Crippen molar-refractivity contribution in [3.63, 3.8) is 0 Å². The first-order valence-electron chi connectivity index (χ1n) is 4.13. The standard InChI is InChI=1S/C8H9Cl2F3S/c9-5-6(14-8(11,12)13)7(10)3-1-2-4-7/h5H,1-4H2/b6-5+. The van der Waals surface area contributed by atoms with Crippen molar-refractivity contribution in [1.29, 1.82) is 0 Å². The van der Waals surface area contributed by atoms with Crippen molar-refractivity contribution in [2.24, 2.45) is 0 Å². The van der Waals surface area contributed by atoms with E-state index >= 15 is 0 Å². The van der Waals surface area contributed by atoms with E-state index in [2.05, 4.69) is 0 Å². The molecule has 1 saturated carbocycles. The molecule has 0 nitrogen and oxygen atoms in total. The molecule has 0 bridgehead atoms. The van der Waals surface area contributed by atoms with Gasteiger partial charge >= 0.3 is 5.51 Å². The van der Waals surface area contributed by atoms with Crippen molar-refractivity contribution in [2.45, 2.75) is 36.1 Å². The Balaban J connectivity index is 2.72. The molecule has 0 aromatic carbocycles. The third-order valence-corrected chi connectivity index (χ3v) is 4.16. The van der Waals surface area contributed by atoms with Gasteiger partial charge in [0.15, 0.2) is 0 Å². The molecule has 6 heteroatoms. The van der Waals surface area contributed by atoms with Crippen molar-refractivity contribution in [2.75, 3.05) is 0 Å². The zero-order valence-corrected chi connectivity index (χ0v) is 9.53. The molecule has 14 heavy (non-hydrogen) atoms. The Kier molecular flexibility index (Phi) is 4.06. The van der Waals surface area contributed by atoms with Gasteiger partial charge < -0.3 is 0 Å². The lowest BCUT2D eigenvalue weighted by Crippen LogP contribution is -2.20. The molecule has 0 N–H and O–H groups in total. The van der Waals surface area contributed by atoms with Crippen LogP contribution in [0.4, 0.5) is 13.2 Å². The molecule has 0 spiro atoms. The molecule has 0 saturated heterocycles. The summed E-state index contributed by atoms with van der Waals surface area (Å²) in [4.78, 5) is -0.868. The molecule has 0 aliphatic heterocycles. The molecule has 0 unspecified atom stereocenters. The minimum atomic E-state index is -4.31. The topological polar surface area (TPSA) is 0 Å². The maximum atomic E-state index is 12.1. The van der Waals surface area contributed by atoms with E-state index in [1.54, 1.807) is 0 Å². The summed E-state index contributed by atoms with van der Waals surface area (Å²) in [5.74, 6) is 0. The van der Waals surface area contributed by atoms with Crippen molar-refractivity contribution in [3.8, 4) is 0 Å². The summed E-state index contributed by atoms with van der Waals surface area (Å²) >= 11 is 11.2. The van der Waals surface area contributed by atoms with Gasteiger partial charge in [0.2, 0.25) is 0 Å². The van der Waals surface area contributed by atoms with Crippen LogP contribution in [0.3, 0.4) is 0 Å². The van der Waals surface area contributed by atoms with Crippen LogP contribution in [0.25, 0.3) is 0 Å². The molecular formula is C8H9Cl2F3S. The Hall–Kier alpha value is 0.460. The fourth-order valence-corrected chi connectivity index (χ4v) is 3.03. The molecule has 1 aliphatic carbocycles. The molecule has 0 heterocycles. The number of thioether (sulfide) groups is 1. The van der Waals surface area contributed by atoms with Gasteiger partial charge in [0, 0.05) is 10.4 Å². The van der Waals surface area contributed by atoms with E-state index in [0.717, 1.165) is 18.4 Å². The third kappa shape index (κ3) is 3.24. The van der Waals surface area contributed by atoms with Crippen LogP contribution in [-0.4, -0.2) is 10.4 Å². The summed E-state index contributed by atoms with van der Waals surface area (Å²) in [6, 6.07) is 0. The highest BCUT2D eigenvalue weighted by Crippen LogP contribution is 2.50. The fourth-order valence-electron chi connectivity index (χ4n) is 1.52. The van der Waals surface area contributed by atoms with Gasteiger partial charge in [-0.1, -0.05) is 24.4 Å². The SMILES string of the molecule is FC(F)(F)S/C(=C/Cl)C1(Cl)CCCC1. The molecule has 0 amide bonds. The second-order valence-corrected chi connectivity index (χ2v) is 5.24. The van der Waals surface area contributed by atoms with Crippen LogP contribution < -0.4 is 0 Å². The van der Waals surface area contributed by atoms with E-state index in [1.165, 1.54) is 0 Å². The lowest BCUT2D eigenvalue weighted by atomic mass is 10.1. The molecule has 82 valence electrons. The van der Waals surface area contributed by atoms with Crippen LogP contribution in [0.15, 0.2) is 10.4 Å². The molecule has 0 atom stereocenters. The molecule has 0 aromatic heterocycles. The molecular weight excluding hydrogens is 256 g/mol. The Morgan fingerprint density at radius 3 is 2.14 bits per heavy atom. The average molecular weight is 265 g/mol. The van der Waals surface area contributed by atoms with Crippen molar-refractivity contribution >= 4 is 35.0 Å². The highest BCUT2D eigenvalue weighted by atomic mass is 35.5. The number of alkyl halides is 4. The van der Waals surface area contributed by atoms with Crippen LogP contribution in [0, 0.1) is 0 Å². The first-order valence-corrected chi connectivity index (χ1v) is 5.76. The summed E-state index contributed by atoms with van der Waals surface area (Å²) in [6.07, 6.45) is 2.85. The third-order valence-electron chi connectivity index (χ3n) is 2.16. The molecule has 0 radical (unpaired) electrons. The molecule has 1 fully saturated rings. The maximum Gasteiger partial charge on any atom is 0.446 e. The smallest absolute Gasteiger partial charge is 0.160 e. The molecule has 1 aliphatic rings. The van der Waals surface area contributed by atoms with Crippen molar-refractivity contribution < 1.29 is 13.2 Å². The zero-order valence-electron chi connectivity index (χ0n) is 7.20. The fraction of sp³-hybridized carbons (Fsp3) is 0.750. The Morgan fingerprint density at radius 2 is 1.79 bits per heavy atom. The van der Waals surface area contributed by atoms with Gasteiger partial charge in [0.25, 0.3) is 0 Å². The summed E-state index contributed by atoms with van der Waals surface area (Å²) in [5.41, 5.74) is -3.36. The Morgan fingerprint density at radius 1 is 1.29 bits per heavy atom. The number of hydrogen-bond acceptors (Lipinski definition) is 1. The van der Waals surface area contributed by atoms with Crippen LogP contribution >= 0.6 is 35.0 Å². The maximum absolute atomic E-state index is 12.1. The Bertz CT molecular complexity index is 231. The van der Waals surface area contributed by atoms with E-state index in [4.69, 9.17) is 23.2 Å². The monoisotopic (exact) mass is 264 g/mol. The van der Waals surface area contributed by atoms with Gasteiger partial charge in [0.05, 0.1) is 4.87 Å². The largest absolute Gasteiger partial charge is 0.446 e. The normalized spacial score (nSPS) is 22.8. The minimum absolute atomic E-state index is 0.0193. The summed E-state index contributed by atoms with van der Waals surface area (Å²) < 4.78 is 36.4. The Labute approximate surface area is 94.8 Å². The van der Waals surface area contributed by atoms with Crippen LogP contribution in [0.5, 0.6) is 0 Å². The van der Waals surface area contributed by atoms with E-state index < -0.39 is 10.4 Å². The van der Waals surface area contributed by atoms with Crippen LogP contribution in [0.1, 0.15) is 25.7 Å². The highest BCUT2D eigenvalue weighted by molar-refractivity contribution is 8.04. The summed E-state index contributed by atoms with van der Waals surface area (Å²) in [5, 5.41) is 0. The molecule has 1 rings (SSSR count). The number of allylic oxidation sites excluding steroid dienone is 1. The predicted octanol–water partition coefficient (Wildman–Crippen LogP) is 4.87. The second kappa shape index (κ2) is 4.54. The highest BCUT2D eigenvalue weighted by Gasteiger charge is 2.41. The number of rotatable bonds is 2. The van der Waals surface area contributed by atoms with E-state index in [9.17, 15) is 13.2 Å². The minimum Gasteiger partial charge on any atom is -0.160 e. The van der Waals surface area contributed by atoms with Gasteiger partial charge in [-0.3, -0.25) is 0 Å². The van der Waals surface area contributed by atoms with Gasteiger partial charge in [0.1, 0.15) is 0 Å². The van der Waals surface area contributed by atoms with Crippen molar-refractivity contribution in [3.05, 3.63) is 10.4 Å². The van der Waals surface area contributed by atoms with Gasteiger partial charge in [-0.15, -0.1) is 11.6 Å². The number of halogens is 5. The first kappa shape index (κ1) is 12.5. The zero-order chi connectivity index (χ0) is 10.8. The lowest BCUT2D eigenvalue weighted by Gasteiger charge is -2.23. The van der Waals surface area contributed by atoms with Crippen LogP contribution in [-0.2, 0) is 0 Å². The van der Waals surface area contributed by atoms with E-state index in [0.29, 0.717) is 12.8 Å². The summed E-state index contributed by atoms with van der Waals surface area (Å²) in [6.45, 7) is 0. The van der Waals surface area contributed by atoms with E-state index in [-0.39, 0.29) is 16.7 Å². The van der Waals surface area contributed by atoms with Gasteiger partial charge in [-0.2, -0.15) is 13.2 Å². The quantitative estimate of drug-likeness (QED) is 0.642. The average Bonchev–Trinajstić information content (AvgIpc) is 2.47. The van der Waals surface area contributed by atoms with Gasteiger partial charge in [-0.25, -0.2) is 0 Å². The van der Waals surface area contributed by atoms with Crippen LogP contribution in [0.2, 0.25) is 0 Å². The van der Waals surface area contributed by atoms with Crippen molar-refractivity contribution in [1.82, 2.24) is 0 Å². The lowest BCUT2D eigenvalue weighted by molar-refractivity contribution is -0.0323. The second-order valence-electron chi connectivity index (χ2n) is 3.19. The predicted molar refractivity (Wildman–Crippen MR) is 54.6 cm³/mol.